The number of nitrogens with zero attached hydrogens (tertiary/aromatic N) is 2. The molecule has 0 atom stereocenters. The van der Waals surface area contributed by atoms with Crippen molar-refractivity contribution in [1.82, 2.24) is 0 Å². The van der Waals surface area contributed by atoms with Crippen LogP contribution in [0.25, 0.3) is 0 Å². The predicted octanol–water partition coefficient (Wildman–Crippen LogP) is 3.81. The molecule has 0 radical (unpaired) electrons. The van der Waals surface area contributed by atoms with Crippen LogP contribution in [0.1, 0.15) is 34.8 Å². The van der Waals surface area contributed by atoms with Crippen molar-refractivity contribution in [1.29, 1.82) is 5.26 Å². The quantitative estimate of drug-likeness (QED) is 0.651. The molecule has 0 aliphatic carbocycles. The number of aryl methyl sites for hydroxylation is 2. The van der Waals surface area contributed by atoms with Gasteiger partial charge in [0.25, 0.3) is 5.91 Å². The van der Waals surface area contributed by atoms with Crippen molar-refractivity contribution in [3.63, 3.8) is 0 Å². The van der Waals surface area contributed by atoms with Gasteiger partial charge in [-0.3, -0.25) is 4.79 Å². The van der Waals surface area contributed by atoms with E-state index in [1.54, 1.807) is 30.3 Å². The largest absolute Gasteiger partial charge is 0.494 e. The summed E-state index contributed by atoms with van der Waals surface area (Å²) in [5.41, 5.74) is 2.79. The number of rotatable bonds is 8. The van der Waals surface area contributed by atoms with Crippen molar-refractivity contribution >= 4 is 17.6 Å². The molecular weight excluding hydrogens is 356 g/mol. The van der Waals surface area contributed by atoms with Crippen molar-refractivity contribution in [3.8, 4) is 11.8 Å². The van der Waals surface area contributed by atoms with Crippen LogP contribution in [0.4, 0.5) is 5.69 Å². The summed E-state index contributed by atoms with van der Waals surface area (Å²) < 4.78 is 10.6. The highest BCUT2D eigenvalue weighted by atomic mass is 16.5. The van der Waals surface area contributed by atoms with Crippen molar-refractivity contribution < 1.29 is 19.1 Å². The van der Waals surface area contributed by atoms with E-state index in [1.165, 1.54) is 4.90 Å². The molecule has 2 rings (SSSR count). The first-order chi connectivity index (χ1) is 13.5. The summed E-state index contributed by atoms with van der Waals surface area (Å²) in [4.78, 5) is 26.4. The van der Waals surface area contributed by atoms with Crippen molar-refractivity contribution in [2.45, 2.75) is 27.2 Å². The zero-order valence-electron chi connectivity index (χ0n) is 16.4. The number of hydrogen-bond acceptors (Lipinski definition) is 5. The third kappa shape index (κ3) is 5.58. The number of amides is 1. The van der Waals surface area contributed by atoms with Gasteiger partial charge in [0, 0.05) is 12.2 Å². The number of anilines is 1. The minimum atomic E-state index is -0.540. The van der Waals surface area contributed by atoms with Crippen LogP contribution in [-0.4, -0.2) is 31.6 Å². The van der Waals surface area contributed by atoms with Crippen LogP contribution in [0.5, 0.6) is 5.75 Å². The molecule has 146 valence electrons. The summed E-state index contributed by atoms with van der Waals surface area (Å²) in [6, 6.07) is 14.5. The fourth-order valence-electron chi connectivity index (χ4n) is 2.69. The van der Waals surface area contributed by atoms with Gasteiger partial charge in [-0.15, -0.1) is 0 Å². The van der Waals surface area contributed by atoms with Crippen LogP contribution < -0.4 is 9.64 Å². The fraction of sp³-hybridized carbons (Fsp3) is 0.318. The zero-order chi connectivity index (χ0) is 20.5. The Kier molecular flexibility index (Phi) is 7.58. The molecule has 2 aromatic carbocycles. The van der Waals surface area contributed by atoms with E-state index in [4.69, 9.17) is 14.7 Å². The molecule has 6 heteroatoms. The van der Waals surface area contributed by atoms with E-state index in [2.05, 4.69) is 0 Å². The van der Waals surface area contributed by atoms with Crippen molar-refractivity contribution in [3.05, 3.63) is 59.2 Å². The van der Waals surface area contributed by atoms with Crippen molar-refractivity contribution in [2.24, 2.45) is 0 Å². The Balaban J connectivity index is 2.09. The first-order valence-electron chi connectivity index (χ1n) is 9.10. The number of carbonyl (C=O) groups excluding carboxylic acids is 2. The van der Waals surface area contributed by atoms with E-state index in [0.29, 0.717) is 23.6 Å². The van der Waals surface area contributed by atoms with Gasteiger partial charge in [-0.05, 0) is 56.7 Å². The predicted molar refractivity (Wildman–Crippen MR) is 106 cm³/mol. The molecule has 1 amide bonds. The van der Waals surface area contributed by atoms with E-state index in [0.717, 1.165) is 11.1 Å². The maximum absolute atomic E-state index is 12.7. The first kappa shape index (κ1) is 21.0. The molecule has 28 heavy (non-hydrogen) atoms. The molecular formula is C22H24N2O4. The van der Waals surface area contributed by atoms with Crippen LogP contribution in [-0.2, 0) is 9.53 Å². The lowest BCUT2D eigenvalue weighted by atomic mass is 10.1. The Labute approximate surface area is 165 Å². The summed E-state index contributed by atoms with van der Waals surface area (Å²) in [5, 5.41) is 8.89. The molecule has 0 fully saturated rings. The smallest absolute Gasteiger partial charge is 0.338 e. The van der Waals surface area contributed by atoms with Gasteiger partial charge in [0.1, 0.15) is 5.75 Å². The number of nitriles is 1. The lowest BCUT2D eigenvalue weighted by Gasteiger charge is -2.22. The second kappa shape index (κ2) is 10.1. The highest BCUT2D eigenvalue weighted by molar-refractivity contribution is 5.97. The van der Waals surface area contributed by atoms with Crippen LogP contribution in [0.15, 0.2) is 42.5 Å². The van der Waals surface area contributed by atoms with Crippen LogP contribution in [0, 0.1) is 25.2 Å². The van der Waals surface area contributed by atoms with Crippen molar-refractivity contribution in [2.75, 3.05) is 24.7 Å². The minimum absolute atomic E-state index is 0.171. The molecule has 0 aliphatic heterocycles. The minimum Gasteiger partial charge on any atom is -0.494 e. The molecule has 6 nitrogen and oxygen atoms in total. The number of benzene rings is 2. The van der Waals surface area contributed by atoms with Gasteiger partial charge >= 0.3 is 5.97 Å². The maximum atomic E-state index is 12.7. The highest BCUT2D eigenvalue weighted by Crippen LogP contribution is 2.20. The maximum Gasteiger partial charge on any atom is 0.338 e. The third-order valence-corrected chi connectivity index (χ3v) is 4.15. The van der Waals surface area contributed by atoms with E-state index < -0.39 is 18.5 Å². The molecule has 0 N–H and O–H groups in total. The van der Waals surface area contributed by atoms with E-state index in [-0.39, 0.29) is 13.0 Å². The number of carbonyl (C=O) groups is 2. The fourth-order valence-corrected chi connectivity index (χ4v) is 2.69. The molecule has 0 aliphatic rings. The van der Waals surface area contributed by atoms with Gasteiger partial charge in [-0.2, -0.15) is 5.26 Å². The summed E-state index contributed by atoms with van der Waals surface area (Å²) >= 11 is 0. The Morgan fingerprint density at radius 1 is 1.11 bits per heavy atom. The number of esters is 1. The Hall–Kier alpha value is -3.33. The van der Waals surface area contributed by atoms with Gasteiger partial charge in [-0.25, -0.2) is 4.79 Å². The average Bonchev–Trinajstić information content (AvgIpc) is 2.69. The molecule has 0 unspecified atom stereocenters. The number of hydrogen-bond donors (Lipinski definition) is 0. The Bertz CT molecular complexity index is 869. The van der Waals surface area contributed by atoms with Gasteiger partial charge in [-0.1, -0.05) is 17.7 Å². The summed E-state index contributed by atoms with van der Waals surface area (Å²) in [5.74, 6) is -0.236. The standard InChI is InChI=1S/C22H24N2O4/c1-4-27-19-10-8-18(9-11-19)24(13-5-12-23)21(25)15-28-22(26)20-14-16(2)6-7-17(20)3/h6-11,14H,4-5,13,15H2,1-3H3. The molecule has 2 aromatic rings. The van der Waals surface area contributed by atoms with Gasteiger partial charge in [0.15, 0.2) is 6.61 Å². The lowest BCUT2D eigenvalue weighted by Crippen LogP contribution is -2.35. The van der Waals surface area contributed by atoms with E-state index in [1.807, 2.05) is 39.0 Å². The van der Waals surface area contributed by atoms with Crippen LogP contribution in [0.3, 0.4) is 0 Å². The third-order valence-electron chi connectivity index (χ3n) is 4.15. The van der Waals surface area contributed by atoms with Crippen LogP contribution in [0.2, 0.25) is 0 Å². The number of ether oxygens (including phenoxy) is 2. The molecule has 0 saturated carbocycles. The Morgan fingerprint density at radius 3 is 2.46 bits per heavy atom. The SMILES string of the molecule is CCOc1ccc(N(CCC#N)C(=O)COC(=O)c2cc(C)ccc2C)cc1. The second-order valence-corrected chi connectivity index (χ2v) is 6.27. The average molecular weight is 380 g/mol. The lowest BCUT2D eigenvalue weighted by molar-refractivity contribution is -0.121. The molecule has 0 aromatic heterocycles. The van der Waals surface area contributed by atoms with Gasteiger partial charge < -0.3 is 14.4 Å². The zero-order valence-corrected chi connectivity index (χ0v) is 16.4. The summed E-state index contributed by atoms with van der Waals surface area (Å²) in [6.45, 7) is 5.95. The van der Waals surface area contributed by atoms with E-state index >= 15 is 0 Å². The Morgan fingerprint density at radius 2 is 1.82 bits per heavy atom. The molecule has 0 bridgehead atoms. The van der Waals surface area contributed by atoms with Gasteiger partial charge in [0.05, 0.1) is 24.7 Å². The normalized spacial score (nSPS) is 10.1. The van der Waals surface area contributed by atoms with Crippen LogP contribution >= 0.6 is 0 Å². The van der Waals surface area contributed by atoms with E-state index in [9.17, 15) is 9.59 Å². The summed E-state index contributed by atoms with van der Waals surface area (Å²) in [7, 11) is 0. The second-order valence-electron chi connectivity index (χ2n) is 6.27. The summed E-state index contributed by atoms with van der Waals surface area (Å²) in [6.07, 6.45) is 0.171. The molecule has 0 heterocycles. The molecule has 0 saturated heterocycles. The topological polar surface area (TPSA) is 79.6 Å². The monoisotopic (exact) mass is 380 g/mol. The highest BCUT2D eigenvalue weighted by Gasteiger charge is 2.19. The first-order valence-corrected chi connectivity index (χ1v) is 9.10. The van der Waals surface area contributed by atoms with Gasteiger partial charge in [0.2, 0.25) is 0 Å². The molecule has 0 spiro atoms.